The van der Waals surface area contributed by atoms with Gasteiger partial charge in [-0.3, -0.25) is 4.79 Å². The van der Waals surface area contributed by atoms with E-state index in [1.54, 1.807) is 18.2 Å². The molecule has 0 radical (unpaired) electrons. The van der Waals surface area contributed by atoms with Gasteiger partial charge in [0.15, 0.2) is 0 Å². The molecule has 2 aliphatic carbocycles. The number of aryl methyl sites for hydroxylation is 1. The van der Waals surface area contributed by atoms with Gasteiger partial charge in [0.05, 0.1) is 10.5 Å². The fourth-order valence-electron chi connectivity index (χ4n) is 4.29. The number of benzene rings is 2. The minimum atomic E-state index is -4.49. The number of carbonyl (C=O) groups excluding carboxylic acids is 2. The Hall–Kier alpha value is -2.95. The molecule has 0 saturated carbocycles. The highest BCUT2D eigenvalue weighted by Crippen LogP contribution is 2.31. The number of aldehydes is 1. The molecule has 0 spiro atoms. The van der Waals surface area contributed by atoms with E-state index in [1.807, 2.05) is 0 Å². The van der Waals surface area contributed by atoms with Crippen molar-refractivity contribution in [3.8, 4) is 0 Å². The smallest absolute Gasteiger partial charge is 0.322 e. The van der Waals surface area contributed by atoms with Gasteiger partial charge in [0.25, 0.3) is 5.91 Å². The van der Waals surface area contributed by atoms with Crippen molar-refractivity contribution in [2.24, 2.45) is 5.92 Å². The van der Waals surface area contributed by atoms with Crippen LogP contribution in [0.15, 0.2) is 64.6 Å². The SMILES string of the molecule is O=CC1Cc2cc(NC(=O)c3ccc(C(F)(F)F)cc3)ccc2CCC1NS(=O)(=O)C1=CC=C(Cl)C1. The Bertz CT molecular complexity index is 1350. The Morgan fingerprint density at radius 2 is 1.78 bits per heavy atom. The summed E-state index contributed by atoms with van der Waals surface area (Å²) in [7, 11) is -3.82. The van der Waals surface area contributed by atoms with E-state index in [4.69, 9.17) is 11.6 Å². The molecule has 2 atom stereocenters. The maximum atomic E-state index is 12.8. The number of carbonyl (C=O) groups is 2. The number of rotatable bonds is 6. The first kappa shape index (κ1) is 26.1. The molecule has 0 heterocycles. The van der Waals surface area contributed by atoms with Gasteiger partial charge in [-0.1, -0.05) is 17.7 Å². The van der Waals surface area contributed by atoms with E-state index < -0.39 is 39.6 Å². The monoisotopic (exact) mass is 538 g/mol. The zero-order valence-corrected chi connectivity index (χ0v) is 20.4. The molecule has 0 aromatic heterocycles. The van der Waals surface area contributed by atoms with E-state index in [-0.39, 0.29) is 23.3 Å². The van der Waals surface area contributed by atoms with Crippen molar-refractivity contribution in [1.82, 2.24) is 4.72 Å². The summed E-state index contributed by atoms with van der Waals surface area (Å²) in [5.41, 5.74) is 1.33. The summed E-state index contributed by atoms with van der Waals surface area (Å²) >= 11 is 5.90. The third-order valence-electron chi connectivity index (χ3n) is 6.26. The van der Waals surface area contributed by atoms with Crippen molar-refractivity contribution >= 4 is 39.5 Å². The van der Waals surface area contributed by atoms with Crippen LogP contribution in [0.2, 0.25) is 0 Å². The van der Waals surface area contributed by atoms with Crippen LogP contribution < -0.4 is 10.0 Å². The van der Waals surface area contributed by atoms with Crippen molar-refractivity contribution < 1.29 is 31.2 Å². The minimum absolute atomic E-state index is 0.0639. The average Bonchev–Trinajstić information content (AvgIpc) is 3.20. The number of allylic oxidation sites excluding steroid dienone is 4. The van der Waals surface area contributed by atoms with Crippen LogP contribution in [-0.2, 0) is 33.8 Å². The maximum absolute atomic E-state index is 12.8. The molecule has 0 saturated heterocycles. The normalized spacial score (nSPS) is 20.1. The Morgan fingerprint density at radius 1 is 1.06 bits per heavy atom. The van der Waals surface area contributed by atoms with Crippen LogP contribution >= 0.6 is 11.6 Å². The van der Waals surface area contributed by atoms with Gasteiger partial charge < -0.3 is 10.1 Å². The Kier molecular flexibility index (Phi) is 7.40. The van der Waals surface area contributed by atoms with Crippen molar-refractivity contribution in [3.05, 3.63) is 86.8 Å². The van der Waals surface area contributed by atoms with E-state index in [2.05, 4.69) is 10.0 Å². The second kappa shape index (κ2) is 10.2. The maximum Gasteiger partial charge on any atom is 0.416 e. The molecule has 11 heteroatoms. The first-order valence-electron chi connectivity index (χ1n) is 11.1. The van der Waals surface area contributed by atoms with Gasteiger partial charge >= 0.3 is 6.18 Å². The number of halogens is 4. The molecule has 0 aliphatic heterocycles. The number of anilines is 1. The third kappa shape index (κ3) is 5.88. The van der Waals surface area contributed by atoms with Gasteiger partial charge in [0.2, 0.25) is 10.0 Å². The summed E-state index contributed by atoms with van der Waals surface area (Å²) in [5.74, 6) is -1.21. The van der Waals surface area contributed by atoms with E-state index in [1.165, 1.54) is 12.2 Å². The summed E-state index contributed by atoms with van der Waals surface area (Å²) in [6.07, 6.45) is 0.481. The molecular formula is C25H22ClF3N2O4S. The molecule has 0 bridgehead atoms. The molecule has 2 aromatic rings. The van der Waals surface area contributed by atoms with E-state index in [0.717, 1.165) is 41.7 Å². The number of nitrogens with one attached hydrogen (secondary N) is 2. The highest BCUT2D eigenvalue weighted by Gasteiger charge is 2.32. The van der Waals surface area contributed by atoms with Crippen LogP contribution in [0.4, 0.5) is 18.9 Å². The van der Waals surface area contributed by atoms with Gasteiger partial charge in [0, 0.05) is 34.7 Å². The zero-order valence-electron chi connectivity index (χ0n) is 18.8. The minimum Gasteiger partial charge on any atom is -0.322 e. The Balaban J connectivity index is 1.47. The predicted molar refractivity (Wildman–Crippen MR) is 130 cm³/mol. The largest absolute Gasteiger partial charge is 0.416 e. The summed E-state index contributed by atoms with van der Waals surface area (Å²) in [4.78, 5) is 24.6. The summed E-state index contributed by atoms with van der Waals surface area (Å²) < 4.78 is 66.5. The van der Waals surface area contributed by atoms with Crippen LogP contribution in [0, 0.1) is 5.92 Å². The van der Waals surface area contributed by atoms with Crippen LogP contribution in [0.25, 0.3) is 0 Å². The van der Waals surface area contributed by atoms with Gasteiger partial charge in [-0.15, -0.1) is 0 Å². The lowest BCUT2D eigenvalue weighted by atomic mass is 9.95. The van der Waals surface area contributed by atoms with Gasteiger partial charge in [-0.25, -0.2) is 13.1 Å². The number of hydrogen-bond donors (Lipinski definition) is 2. The van der Waals surface area contributed by atoms with Crippen LogP contribution in [0.1, 0.15) is 39.9 Å². The van der Waals surface area contributed by atoms with Crippen molar-refractivity contribution in [2.45, 2.75) is 37.9 Å². The summed E-state index contributed by atoms with van der Waals surface area (Å²) in [5, 5.41) is 3.08. The molecule has 2 unspecified atom stereocenters. The van der Waals surface area contributed by atoms with Gasteiger partial charge in [0.1, 0.15) is 6.29 Å². The molecule has 36 heavy (non-hydrogen) atoms. The molecule has 2 N–H and O–H groups in total. The molecule has 6 nitrogen and oxygen atoms in total. The lowest BCUT2D eigenvalue weighted by molar-refractivity contribution is -0.137. The van der Waals surface area contributed by atoms with Crippen molar-refractivity contribution in [2.75, 3.05) is 5.32 Å². The van der Waals surface area contributed by atoms with Gasteiger partial charge in [-0.2, -0.15) is 13.2 Å². The Morgan fingerprint density at radius 3 is 2.39 bits per heavy atom. The molecule has 2 aromatic carbocycles. The molecule has 2 aliphatic rings. The van der Waals surface area contributed by atoms with Crippen LogP contribution in [-0.4, -0.2) is 26.7 Å². The number of sulfonamides is 1. The highest BCUT2D eigenvalue weighted by atomic mass is 35.5. The molecular weight excluding hydrogens is 517 g/mol. The predicted octanol–water partition coefficient (Wildman–Crippen LogP) is 4.96. The highest BCUT2D eigenvalue weighted by molar-refractivity contribution is 7.93. The van der Waals surface area contributed by atoms with Crippen LogP contribution in [0.5, 0.6) is 0 Å². The second-order valence-electron chi connectivity index (χ2n) is 8.71. The fourth-order valence-corrected chi connectivity index (χ4v) is 6.01. The first-order valence-corrected chi connectivity index (χ1v) is 13.0. The number of hydrogen-bond acceptors (Lipinski definition) is 4. The molecule has 4 rings (SSSR count). The standard InChI is InChI=1S/C25H22ClF3N2O4S/c26-20-7-9-22(13-20)36(34,35)31-23-10-4-15-3-8-21(12-17(15)11-18(23)14-32)30-24(33)16-1-5-19(6-2-16)25(27,28)29/h1-3,5-9,12,14,18,23,31H,4,10-11,13H2,(H,30,33). The second-order valence-corrected chi connectivity index (χ2v) is 11.0. The number of alkyl halides is 3. The lowest BCUT2D eigenvalue weighted by Gasteiger charge is -2.22. The molecule has 1 amide bonds. The third-order valence-corrected chi connectivity index (χ3v) is 8.10. The van der Waals surface area contributed by atoms with E-state index in [0.29, 0.717) is 23.6 Å². The lowest BCUT2D eigenvalue weighted by Crippen LogP contribution is -2.41. The quantitative estimate of drug-likeness (QED) is 0.402. The average molecular weight is 539 g/mol. The van der Waals surface area contributed by atoms with Crippen LogP contribution in [0.3, 0.4) is 0 Å². The topological polar surface area (TPSA) is 92.3 Å². The van der Waals surface area contributed by atoms with E-state index >= 15 is 0 Å². The fraction of sp³-hybridized carbons (Fsp3) is 0.280. The summed E-state index contributed by atoms with van der Waals surface area (Å²) in [6, 6.07) is 8.42. The number of amides is 1. The first-order chi connectivity index (χ1) is 17.0. The Labute approximate surface area is 211 Å². The van der Waals surface area contributed by atoms with Gasteiger partial charge in [-0.05, 0) is 78.9 Å². The molecule has 0 fully saturated rings. The van der Waals surface area contributed by atoms with E-state index in [9.17, 15) is 31.2 Å². The summed E-state index contributed by atoms with van der Waals surface area (Å²) in [6.45, 7) is 0. The van der Waals surface area contributed by atoms with Crippen molar-refractivity contribution in [3.63, 3.8) is 0 Å². The van der Waals surface area contributed by atoms with Crippen molar-refractivity contribution in [1.29, 1.82) is 0 Å². The molecule has 190 valence electrons. The zero-order chi connectivity index (χ0) is 26.1. The number of fused-ring (bicyclic) bond motifs is 1.